The maximum atomic E-state index is 13.3. The van der Waals surface area contributed by atoms with Crippen LogP contribution in [0.2, 0.25) is 0 Å². The lowest BCUT2D eigenvalue weighted by Crippen LogP contribution is -2.33. The van der Waals surface area contributed by atoms with Crippen LogP contribution in [0.25, 0.3) is 5.57 Å². The van der Waals surface area contributed by atoms with E-state index in [0.717, 1.165) is 17.3 Å². The van der Waals surface area contributed by atoms with E-state index in [9.17, 15) is 18.3 Å². The van der Waals surface area contributed by atoms with Crippen molar-refractivity contribution in [1.29, 1.82) is 5.26 Å². The highest BCUT2D eigenvalue weighted by molar-refractivity contribution is 5.67. The van der Waals surface area contributed by atoms with E-state index in [1.54, 1.807) is 31.6 Å². The van der Waals surface area contributed by atoms with E-state index in [4.69, 9.17) is 5.26 Å². The molecule has 0 fully saturated rings. The van der Waals surface area contributed by atoms with Crippen LogP contribution in [-0.2, 0) is 12.7 Å². The van der Waals surface area contributed by atoms with Crippen LogP contribution >= 0.6 is 0 Å². The Morgan fingerprint density at radius 3 is 2.79 bits per heavy atom. The minimum atomic E-state index is -4.58. The van der Waals surface area contributed by atoms with Gasteiger partial charge in [0, 0.05) is 24.8 Å². The summed E-state index contributed by atoms with van der Waals surface area (Å²) < 4.78 is 41.9. The second-order valence-electron chi connectivity index (χ2n) is 7.23. The van der Waals surface area contributed by atoms with Gasteiger partial charge in [0.2, 0.25) is 0 Å². The van der Waals surface area contributed by atoms with Crippen molar-refractivity contribution in [3.63, 3.8) is 0 Å². The van der Waals surface area contributed by atoms with Crippen molar-refractivity contribution >= 4 is 11.3 Å². The number of halogens is 3. The first-order valence-electron chi connectivity index (χ1n) is 9.50. The number of alkyl halides is 3. The Bertz CT molecular complexity index is 940. The van der Waals surface area contributed by atoms with Crippen LogP contribution in [-0.4, -0.2) is 33.3 Å². The smallest absolute Gasteiger partial charge is 0.392 e. The van der Waals surface area contributed by atoms with Crippen molar-refractivity contribution < 1.29 is 18.3 Å². The Kier molecular flexibility index (Phi) is 5.99. The van der Waals surface area contributed by atoms with Crippen LogP contribution in [0.4, 0.5) is 18.9 Å². The molecule has 3 rings (SSSR count). The SMILES string of the molecule is CCN(c1ccc(C#N)c(C(F)(F)F)c1)C1CC=C(c2cncn2CC(C)O)C1. The van der Waals surface area contributed by atoms with Gasteiger partial charge in [0.1, 0.15) is 0 Å². The maximum absolute atomic E-state index is 13.3. The molecule has 2 aromatic rings. The van der Waals surface area contributed by atoms with Gasteiger partial charge in [-0.15, -0.1) is 0 Å². The van der Waals surface area contributed by atoms with Crippen LogP contribution in [0, 0.1) is 11.3 Å². The van der Waals surface area contributed by atoms with Gasteiger partial charge in [-0.25, -0.2) is 4.98 Å². The van der Waals surface area contributed by atoms with Crippen molar-refractivity contribution in [1.82, 2.24) is 9.55 Å². The zero-order valence-corrected chi connectivity index (χ0v) is 16.3. The first-order valence-corrected chi connectivity index (χ1v) is 9.50. The summed E-state index contributed by atoms with van der Waals surface area (Å²) in [5.74, 6) is 0. The number of nitriles is 1. The number of aromatic nitrogens is 2. The number of aliphatic hydroxyl groups excluding tert-OH is 1. The average Bonchev–Trinajstić information content (AvgIpc) is 3.30. The zero-order chi connectivity index (χ0) is 21.2. The third kappa shape index (κ3) is 4.46. The summed E-state index contributed by atoms with van der Waals surface area (Å²) in [6, 6.07) is 5.52. The van der Waals surface area contributed by atoms with Gasteiger partial charge in [-0.2, -0.15) is 18.4 Å². The normalized spacial score (nSPS) is 17.7. The van der Waals surface area contributed by atoms with E-state index in [1.807, 2.05) is 16.4 Å². The molecule has 1 N–H and O–H groups in total. The fourth-order valence-electron chi connectivity index (χ4n) is 3.86. The van der Waals surface area contributed by atoms with E-state index in [0.29, 0.717) is 31.6 Å². The van der Waals surface area contributed by atoms with Gasteiger partial charge in [-0.3, -0.25) is 0 Å². The predicted molar refractivity (Wildman–Crippen MR) is 104 cm³/mol. The zero-order valence-electron chi connectivity index (χ0n) is 16.3. The number of benzene rings is 1. The summed E-state index contributed by atoms with van der Waals surface area (Å²) in [4.78, 5) is 6.11. The molecule has 0 amide bonds. The number of hydrogen-bond donors (Lipinski definition) is 1. The molecular formula is C21H23F3N4O. The molecule has 5 nitrogen and oxygen atoms in total. The molecule has 2 unspecified atom stereocenters. The number of hydrogen-bond acceptors (Lipinski definition) is 4. The van der Waals surface area contributed by atoms with Crippen LogP contribution in [0.15, 0.2) is 36.8 Å². The number of aliphatic hydroxyl groups is 1. The van der Waals surface area contributed by atoms with E-state index in [1.165, 1.54) is 6.07 Å². The lowest BCUT2D eigenvalue weighted by atomic mass is 10.0. The van der Waals surface area contributed by atoms with Crippen molar-refractivity contribution in [3.05, 3.63) is 53.6 Å². The summed E-state index contributed by atoms with van der Waals surface area (Å²) in [6.45, 7) is 4.58. The van der Waals surface area contributed by atoms with Gasteiger partial charge in [-0.05, 0) is 50.5 Å². The van der Waals surface area contributed by atoms with E-state index < -0.39 is 17.8 Å². The highest BCUT2D eigenvalue weighted by Gasteiger charge is 2.35. The average molecular weight is 404 g/mol. The summed E-state index contributed by atoms with van der Waals surface area (Å²) in [5.41, 5.74) is 1.16. The van der Waals surface area contributed by atoms with Gasteiger partial charge in [0.05, 0.1) is 41.5 Å². The molecule has 0 saturated carbocycles. The van der Waals surface area contributed by atoms with Crippen LogP contribution in [0.5, 0.6) is 0 Å². The molecule has 0 radical (unpaired) electrons. The minimum absolute atomic E-state index is 0.0129. The number of imidazole rings is 1. The van der Waals surface area contributed by atoms with Crippen LogP contribution in [0.1, 0.15) is 43.5 Å². The fourth-order valence-corrected chi connectivity index (χ4v) is 3.86. The first kappa shape index (κ1) is 20.9. The molecular weight excluding hydrogens is 381 g/mol. The van der Waals surface area contributed by atoms with Crippen LogP contribution in [0.3, 0.4) is 0 Å². The van der Waals surface area contributed by atoms with Gasteiger partial charge >= 0.3 is 6.18 Å². The third-order valence-electron chi connectivity index (χ3n) is 5.14. The van der Waals surface area contributed by atoms with E-state index in [2.05, 4.69) is 11.1 Å². The van der Waals surface area contributed by atoms with E-state index in [-0.39, 0.29) is 11.6 Å². The topological polar surface area (TPSA) is 65.1 Å². The Hall–Kier alpha value is -2.79. The summed E-state index contributed by atoms with van der Waals surface area (Å²) in [6.07, 6.45) is 1.78. The standard InChI is InChI=1S/C21H23F3N4O/c1-3-28(18-7-5-16(10-25)19(9-18)21(22,23)24)17-6-4-15(8-17)20-11-26-13-27(20)12-14(2)29/h4-5,7,9,11,13-14,17,29H,3,6,8,12H2,1-2H3. The summed E-state index contributed by atoms with van der Waals surface area (Å²) in [5, 5.41) is 18.7. The Labute approximate surface area is 167 Å². The molecule has 2 atom stereocenters. The number of anilines is 1. The lowest BCUT2D eigenvalue weighted by Gasteiger charge is -2.31. The first-order chi connectivity index (χ1) is 13.7. The molecule has 1 aliphatic carbocycles. The van der Waals surface area contributed by atoms with E-state index >= 15 is 0 Å². The summed E-state index contributed by atoms with van der Waals surface area (Å²) in [7, 11) is 0. The highest BCUT2D eigenvalue weighted by atomic mass is 19.4. The van der Waals surface area contributed by atoms with Gasteiger partial charge < -0.3 is 14.6 Å². The fraction of sp³-hybridized carbons (Fsp3) is 0.429. The molecule has 1 heterocycles. The maximum Gasteiger partial charge on any atom is 0.417 e. The molecule has 154 valence electrons. The molecule has 8 heteroatoms. The minimum Gasteiger partial charge on any atom is -0.392 e. The van der Waals surface area contributed by atoms with Crippen molar-refractivity contribution in [2.45, 2.75) is 51.6 Å². The molecule has 29 heavy (non-hydrogen) atoms. The van der Waals surface area contributed by atoms with Crippen molar-refractivity contribution in [3.8, 4) is 6.07 Å². The van der Waals surface area contributed by atoms with Crippen LogP contribution < -0.4 is 4.90 Å². The largest absolute Gasteiger partial charge is 0.417 e. The Morgan fingerprint density at radius 2 is 2.17 bits per heavy atom. The lowest BCUT2D eigenvalue weighted by molar-refractivity contribution is -0.137. The molecule has 0 saturated heterocycles. The van der Waals surface area contributed by atoms with Gasteiger partial charge in [-0.1, -0.05) is 6.08 Å². The summed E-state index contributed by atoms with van der Waals surface area (Å²) >= 11 is 0. The quantitative estimate of drug-likeness (QED) is 0.783. The highest BCUT2D eigenvalue weighted by Crippen LogP contribution is 2.37. The van der Waals surface area contributed by atoms with Crippen molar-refractivity contribution in [2.75, 3.05) is 11.4 Å². The van der Waals surface area contributed by atoms with Crippen molar-refractivity contribution in [2.24, 2.45) is 0 Å². The molecule has 0 spiro atoms. The Balaban J connectivity index is 1.83. The van der Waals surface area contributed by atoms with Gasteiger partial charge in [0.25, 0.3) is 0 Å². The third-order valence-corrected chi connectivity index (χ3v) is 5.14. The molecule has 1 aromatic heterocycles. The number of rotatable bonds is 6. The number of nitrogens with zero attached hydrogens (tertiary/aromatic N) is 4. The second-order valence-corrected chi connectivity index (χ2v) is 7.23. The predicted octanol–water partition coefficient (Wildman–Crippen LogP) is 4.23. The molecule has 1 aromatic carbocycles. The molecule has 0 aliphatic heterocycles. The molecule has 0 bridgehead atoms. The second kappa shape index (κ2) is 8.29. The Morgan fingerprint density at radius 1 is 1.41 bits per heavy atom. The monoisotopic (exact) mass is 404 g/mol. The van der Waals surface area contributed by atoms with Gasteiger partial charge in [0.15, 0.2) is 0 Å². The molecule has 1 aliphatic rings.